The van der Waals surface area contributed by atoms with Crippen molar-refractivity contribution in [2.24, 2.45) is 11.8 Å². The van der Waals surface area contributed by atoms with Gasteiger partial charge < -0.3 is 0 Å². The average Bonchev–Trinajstić information content (AvgIpc) is 3.26. The van der Waals surface area contributed by atoms with Crippen LogP contribution in [0.2, 0.25) is 0 Å². The molecule has 4 rings (SSSR count). The number of aromatic nitrogens is 1. The van der Waals surface area contributed by atoms with Crippen LogP contribution in [0.5, 0.6) is 0 Å². The van der Waals surface area contributed by atoms with Crippen LogP contribution in [0.3, 0.4) is 0 Å². The number of thiazole rings is 1. The number of carbonyl (C=O) groups excluding carboxylic acids is 1. The number of piperidine rings is 1. The Bertz CT molecular complexity index is 1280. The van der Waals surface area contributed by atoms with Gasteiger partial charge in [0.25, 0.3) is 5.91 Å². The minimum Gasteiger partial charge on any atom is -0.298 e. The molecule has 6 nitrogen and oxygen atoms in total. The maximum absolute atomic E-state index is 13.1. The quantitative estimate of drug-likeness (QED) is 0.454. The average molecular weight is 512 g/mol. The SMILES string of the molecule is C[C@@H]1C[C@@H](C)CN(S(=O)(=O)c2ccc(C(=O)Nc3nc(-c4ccc(C(C)(C)C)cc4)cs3)cc2)C1. The molecule has 1 aromatic heterocycles. The van der Waals surface area contributed by atoms with Crippen molar-refractivity contribution in [1.82, 2.24) is 9.29 Å². The van der Waals surface area contributed by atoms with E-state index in [2.05, 4.69) is 57.1 Å². The molecule has 0 aliphatic carbocycles. The molecular formula is C27H33N3O3S2. The van der Waals surface area contributed by atoms with Gasteiger partial charge in [0.1, 0.15) is 0 Å². The van der Waals surface area contributed by atoms with Gasteiger partial charge in [0.2, 0.25) is 10.0 Å². The number of benzene rings is 2. The van der Waals surface area contributed by atoms with E-state index in [0.29, 0.717) is 35.6 Å². The summed E-state index contributed by atoms with van der Waals surface area (Å²) in [5.41, 5.74) is 3.51. The second-order valence-electron chi connectivity index (χ2n) is 10.6. The minimum absolute atomic E-state index is 0.0826. The first kappa shape index (κ1) is 25.5. The number of carbonyl (C=O) groups is 1. The summed E-state index contributed by atoms with van der Waals surface area (Å²) in [4.78, 5) is 17.5. The molecule has 1 saturated heterocycles. The number of sulfonamides is 1. The van der Waals surface area contributed by atoms with E-state index in [1.165, 1.54) is 29.0 Å². The van der Waals surface area contributed by atoms with Crippen molar-refractivity contribution in [2.45, 2.75) is 51.3 Å². The zero-order chi connectivity index (χ0) is 25.4. The highest BCUT2D eigenvalue weighted by Crippen LogP contribution is 2.29. The highest BCUT2D eigenvalue weighted by atomic mass is 32.2. The van der Waals surface area contributed by atoms with Crippen molar-refractivity contribution < 1.29 is 13.2 Å². The smallest absolute Gasteiger partial charge is 0.257 e. The zero-order valence-electron chi connectivity index (χ0n) is 20.9. The van der Waals surface area contributed by atoms with Crippen molar-refractivity contribution in [3.8, 4) is 11.3 Å². The molecule has 0 spiro atoms. The van der Waals surface area contributed by atoms with Gasteiger partial charge in [0.05, 0.1) is 10.6 Å². The van der Waals surface area contributed by atoms with Crippen LogP contribution < -0.4 is 5.32 Å². The lowest BCUT2D eigenvalue weighted by atomic mass is 9.86. The lowest BCUT2D eigenvalue weighted by molar-refractivity contribution is 0.102. The third-order valence-electron chi connectivity index (χ3n) is 6.36. The fourth-order valence-electron chi connectivity index (χ4n) is 4.50. The van der Waals surface area contributed by atoms with Gasteiger partial charge in [-0.3, -0.25) is 10.1 Å². The van der Waals surface area contributed by atoms with Gasteiger partial charge in [-0.2, -0.15) is 4.31 Å². The summed E-state index contributed by atoms with van der Waals surface area (Å²) in [6.07, 6.45) is 1.03. The summed E-state index contributed by atoms with van der Waals surface area (Å²) in [5, 5.41) is 5.24. The molecule has 1 amide bonds. The Labute approximate surface area is 212 Å². The third-order valence-corrected chi connectivity index (χ3v) is 8.96. The van der Waals surface area contributed by atoms with E-state index < -0.39 is 10.0 Å². The maximum atomic E-state index is 13.1. The van der Waals surface area contributed by atoms with Gasteiger partial charge in [-0.1, -0.05) is 58.9 Å². The zero-order valence-corrected chi connectivity index (χ0v) is 22.5. The Morgan fingerprint density at radius 1 is 1.00 bits per heavy atom. The first-order valence-electron chi connectivity index (χ1n) is 11.9. The van der Waals surface area contributed by atoms with Crippen molar-refractivity contribution in [3.05, 3.63) is 65.0 Å². The van der Waals surface area contributed by atoms with E-state index in [1.54, 1.807) is 16.4 Å². The molecule has 0 saturated carbocycles. The number of nitrogens with one attached hydrogen (secondary N) is 1. The van der Waals surface area contributed by atoms with Gasteiger partial charge in [0, 0.05) is 29.6 Å². The first-order chi connectivity index (χ1) is 16.4. The topological polar surface area (TPSA) is 79.4 Å². The maximum Gasteiger partial charge on any atom is 0.257 e. The van der Waals surface area contributed by atoms with Gasteiger partial charge in [-0.15, -0.1) is 11.3 Å². The van der Waals surface area contributed by atoms with Crippen molar-refractivity contribution in [3.63, 3.8) is 0 Å². The molecule has 0 radical (unpaired) electrons. The van der Waals surface area contributed by atoms with E-state index in [1.807, 2.05) is 17.5 Å². The summed E-state index contributed by atoms with van der Waals surface area (Å²) in [6, 6.07) is 14.4. The molecule has 35 heavy (non-hydrogen) atoms. The fraction of sp³-hybridized carbons (Fsp3) is 0.407. The molecule has 1 N–H and O–H groups in total. The highest BCUT2D eigenvalue weighted by molar-refractivity contribution is 7.89. The van der Waals surface area contributed by atoms with Crippen LogP contribution in [-0.2, 0) is 15.4 Å². The van der Waals surface area contributed by atoms with Crippen molar-refractivity contribution >= 4 is 32.4 Å². The van der Waals surface area contributed by atoms with E-state index in [-0.39, 0.29) is 16.2 Å². The third kappa shape index (κ3) is 5.82. The van der Waals surface area contributed by atoms with Crippen molar-refractivity contribution in [1.29, 1.82) is 0 Å². The summed E-state index contributed by atoms with van der Waals surface area (Å²) in [7, 11) is -3.58. The standard InChI is InChI=1S/C27H33N3O3S2/c1-18-14-19(2)16-30(15-18)35(32,33)23-12-8-21(9-13-23)25(31)29-26-28-24(17-34-26)20-6-10-22(11-7-20)27(3,4)5/h6-13,17-19H,14-16H2,1-5H3,(H,28,29,31)/t18-,19-/m1/s1. The highest BCUT2D eigenvalue weighted by Gasteiger charge is 2.31. The normalized spacial score (nSPS) is 19.5. The summed E-state index contributed by atoms with van der Waals surface area (Å²) in [6.45, 7) is 11.7. The molecule has 3 aromatic rings. The molecule has 1 aliphatic heterocycles. The Morgan fingerprint density at radius 2 is 1.60 bits per heavy atom. The number of anilines is 1. The number of nitrogens with zero attached hydrogens (tertiary/aromatic N) is 2. The molecule has 0 unspecified atom stereocenters. The van der Waals surface area contributed by atoms with Gasteiger partial charge in [-0.25, -0.2) is 13.4 Å². The van der Waals surface area contributed by atoms with E-state index in [9.17, 15) is 13.2 Å². The molecule has 2 heterocycles. The second kappa shape index (κ2) is 9.84. The van der Waals surface area contributed by atoms with Crippen LogP contribution in [0.15, 0.2) is 58.8 Å². The summed E-state index contributed by atoms with van der Waals surface area (Å²) < 4.78 is 27.7. The monoisotopic (exact) mass is 511 g/mol. The Kier molecular flexibility index (Phi) is 7.18. The molecule has 186 valence electrons. The molecule has 2 atom stereocenters. The lowest BCUT2D eigenvalue weighted by Crippen LogP contribution is -2.42. The van der Waals surface area contributed by atoms with E-state index >= 15 is 0 Å². The van der Waals surface area contributed by atoms with Gasteiger partial charge in [-0.05, 0) is 53.5 Å². The Morgan fingerprint density at radius 3 is 2.17 bits per heavy atom. The first-order valence-corrected chi connectivity index (χ1v) is 14.2. The predicted octanol–water partition coefficient (Wildman–Crippen LogP) is 6.03. The van der Waals surface area contributed by atoms with E-state index in [0.717, 1.165) is 17.7 Å². The van der Waals surface area contributed by atoms with Crippen LogP contribution in [-0.4, -0.2) is 36.7 Å². The van der Waals surface area contributed by atoms with Crippen LogP contribution in [0.25, 0.3) is 11.3 Å². The fourth-order valence-corrected chi connectivity index (χ4v) is 6.90. The van der Waals surface area contributed by atoms with E-state index in [4.69, 9.17) is 0 Å². The van der Waals surface area contributed by atoms with Crippen molar-refractivity contribution in [2.75, 3.05) is 18.4 Å². The number of rotatable bonds is 5. The molecule has 1 aliphatic rings. The van der Waals surface area contributed by atoms with Crippen LogP contribution in [0.1, 0.15) is 57.0 Å². The van der Waals surface area contributed by atoms with Crippen LogP contribution in [0.4, 0.5) is 5.13 Å². The van der Waals surface area contributed by atoms with Gasteiger partial charge >= 0.3 is 0 Å². The van der Waals surface area contributed by atoms with Gasteiger partial charge in [0.15, 0.2) is 5.13 Å². The van der Waals surface area contributed by atoms with Crippen LogP contribution in [0, 0.1) is 11.8 Å². The molecule has 1 fully saturated rings. The number of hydrogen-bond acceptors (Lipinski definition) is 5. The molecule has 2 aromatic carbocycles. The Hall–Kier alpha value is -2.55. The summed E-state index contributed by atoms with van der Waals surface area (Å²) in [5.74, 6) is 0.342. The van der Waals surface area contributed by atoms with Crippen LogP contribution >= 0.6 is 11.3 Å². The molecule has 0 bridgehead atoms. The second-order valence-corrected chi connectivity index (χ2v) is 13.4. The predicted molar refractivity (Wildman–Crippen MR) is 142 cm³/mol. The molecular weight excluding hydrogens is 478 g/mol. The molecule has 8 heteroatoms. The summed E-state index contributed by atoms with van der Waals surface area (Å²) >= 11 is 1.36. The largest absolute Gasteiger partial charge is 0.298 e. The number of hydrogen-bond donors (Lipinski definition) is 1. The minimum atomic E-state index is -3.58. The number of amides is 1. The Balaban J connectivity index is 1.43. The lowest BCUT2D eigenvalue weighted by Gasteiger charge is -2.34.